The molecule has 0 bridgehead atoms. The Balaban J connectivity index is 2.59. The molecule has 2 unspecified atom stereocenters. The summed E-state index contributed by atoms with van der Waals surface area (Å²) in [6.07, 6.45) is 8.99. The molecule has 1 aromatic rings. The zero-order chi connectivity index (χ0) is 14.8. The minimum atomic E-state index is -0.830. The number of rotatable bonds is 10. The highest BCUT2D eigenvalue weighted by Gasteiger charge is 2.33. The quantitative estimate of drug-likeness (QED) is 0.458. The number of benzene rings is 1. The molecule has 0 aliphatic heterocycles. The van der Waals surface area contributed by atoms with E-state index in [2.05, 4.69) is 38.1 Å². The third-order valence-electron chi connectivity index (χ3n) is 4.29. The van der Waals surface area contributed by atoms with Crippen LogP contribution >= 0.6 is 0 Å². The summed E-state index contributed by atoms with van der Waals surface area (Å²) in [7, 11) is 0. The first-order valence-corrected chi connectivity index (χ1v) is 8.37. The van der Waals surface area contributed by atoms with Crippen molar-refractivity contribution in [2.24, 2.45) is 0 Å². The molecule has 0 fully saturated rings. The van der Waals surface area contributed by atoms with Crippen molar-refractivity contribution in [3.8, 4) is 0 Å². The predicted octanol–water partition coefficient (Wildman–Crippen LogP) is 6.12. The van der Waals surface area contributed by atoms with Crippen molar-refractivity contribution < 1.29 is 5.11 Å². The number of hydrogen-bond acceptors (Lipinski definition) is 0. The lowest BCUT2D eigenvalue weighted by Gasteiger charge is -2.31. The van der Waals surface area contributed by atoms with E-state index in [-0.39, 0.29) is 5.92 Å². The number of hydrogen-bond donors (Lipinski definition) is 0. The molecule has 0 spiro atoms. The van der Waals surface area contributed by atoms with Gasteiger partial charge in [-0.15, -0.1) is 0 Å². The fourth-order valence-corrected chi connectivity index (χ4v) is 3.05. The summed E-state index contributed by atoms with van der Waals surface area (Å²) in [6.45, 7) is 6.32. The van der Waals surface area contributed by atoms with Gasteiger partial charge in [0, 0.05) is 5.92 Å². The van der Waals surface area contributed by atoms with E-state index in [0.717, 1.165) is 25.7 Å². The van der Waals surface area contributed by atoms with Crippen molar-refractivity contribution in [1.82, 2.24) is 0 Å². The maximum absolute atomic E-state index is 13.0. The van der Waals surface area contributed by atoms with E-state index < -0.39 is 5.60 Å². The van der Waals surface area contributed by atoms with E-state index in [1.165, 1.54) is 31.2 Å². The van der Waals surface area contributed by atoms with Crippen molar-refractivity contribution in [3.05, 3.63) is 35.9 Å². The van der Waals surface area contributed by atoms with Gasteiger partial charge < -0.3 is 0 Å². The molecule has 2 atom stereocenters. The largest absolute Gasteiger partial charge is 0.229 e. The van der Waals surface area contributed by atoms with Gasteiger partial charge in [-0.1, -0.05) is 82.7 Å². The molecule has 0 amide bonds. The van der Waals surface area contributed by atoms with Gasteiger partial charge in [-0.2, -0.15) is 0 Å². The van der Waals surface area contributed by atoms with Crippen LogP contribution < -0.4 is 0 Å². The van der Waals surface area contributed by atoms with Crippen molar-refractivity contribution >= 4 is 0 Å². The van der Waals surface area contributed by atoms with E-state index in [0.29, 0.717) is 0 Å². The zero-order valence-electron chi connectivity index (χ0n) is 13.5. The molecule has 1 heteroatoms. The highest BCUT2D eigenvalue weighted by Crippen LogP contribution is 2.36. The highest BCUT2D eigenvalue weighted by molar-refractivity contribution is 5.22. The Morgan fingerprint density at radius 2 is 1.60 bits per heavy atom. The van der Waals surface area contributed by atoms with Crippen molar-refractivity contribution in [1.29, 1.82) is 0 Å². The van der Waals surface area contributed by atoms with Crippen LogP contribution in [0.15, 0.2) is 30.3 Å². The minimum Gasteiger partial charge on any atom is -0.229 e. The van der Waals surface area contributed by atoms with Gasteiger partial charge >= 0.3 is 0 Å². The molecule has 0 heterocycles. The Labute approximate surface area is 125 Å². The summed E-state index contributed by atoms with van der Waals surface area (Å²) in [5.41, 5.74) is 0.393. The first kappa shape index (κ1) is 17.2. The molecular formula is C19H31O. The summed E-state index contributed by atoms with van der Waals surface area (Å²) >= 11 is 0. The summed E-state index contributed by atoms with van der Waals surface area (Å²) < 4.78 is 0. The summed E-state index contributed by atoms with van der Waals surface area (Å²) in [5, 5.41) is 13.0. The van der Waals surface area contributed by atoms with E-state index in [1.807, 2.05) is 13.0 Å². The first-order chi connectivity index (χ1) is 9.61. The van der Waals surface area contributed by atoms with Crippen molar-refractivity contribution in [2.45, 2.75) is 83.7 Å². The Morgan fingerprint density at radius 3 is 2.20 bits per heavy atom. The molecule has 20 heavy (non-hydrogen) atoms. The summed E-state index contributed by atoms with van der Waals surface area (Å²) in [4.78, 5) is 0. The predicted molar refractivity (Wildman–Crippen MR) is 86.6 cm³/mol. The van der Waals surface area contributed by atoms with Crippen molar-refractivity contribution in [2.75, 3.05) is 0 Å². The van der Waals surface area contributed by atoms with Gasteiger partial charge in [0.2, 0.25) is 0 Å². The smallest absolute Gasteiger partial charge is 0.108 e. The Kier molecular flexibility index (Phi) is 7.91. The molecular weight excluding hydrogens is 244 g/mol. The van der Waals surface area contributed by atoms with Crippen LogP contribution in [0.3, 0.4) is 0 Å². The summed E-state index contributed by atoms with van der Waals surface area (Å²) in [5.74, 6) is 0.153. The topological polar surface area (TPSA) is 19.9 Å². The summed E-state index contributed by atoms with van der Waals surface area (Å²) in [6, 6.07) is 10.4. The SMILES string of the molecule is CCCCCCCC(C)([O])C(CCC)c1ccccc1. The van der Waals surface area contributed by atoms with Crippen LogP contribution in [0.25, 0.3) is 0 Å². The lowest BCUT2D eigenvalue weighted by Crippen LogP contribution is -2.31. The van der Waals surface area contributed by atoms with Crippen LogP contribution in [0.2, 0.25) is 0 Å². The Bertz CT molecular complexity index is 342. The molecule has 0 N–H and O–H groups in total. The molecule has 0 saturated heterocycles. The van der Waals surface area contributed by atoms with E-state index in [1.54, 1.807) is 0 Å². The van der Waals surface area contributed by atoms with Crippen LogP contribution in [0, 0.1) is 0 Å². The lowest BCUT2D eigenvalue weighted by atomic mass is 9.77. The fourth-order valence-electron chi connectivity index (χ4n) is 3.05. The third kappa shape index (κ3) is 5.66. The highest BCUT2D eigenvalue weighted by atomic mass is 16.3. The molecule has 1 nitrogen and oxygen atoms in total. The van der Waals surface area contributed by atoms with Gasteiger partial charge in [0.05, 0.1) is 0 Å². The zero-order valence-corrected chi connectivity index (χ0v) is 13.5. The van der Waals surface area contributed by atoms with E-state index >= 15 is 0 Å². The number of unbranched alkanes of at least 4 members (excludes halogenated alkanes) is 4. The molecule has 1 radical (unpaired) electrons. The Morgan fingerprint density at radius 1 is 0.950 bits per heavy atom. The standard InChI is InChI=1S/C19H31O/c1-4-6-7-8-12-16-19(3,20)18(13-5-2)17-14-10-9-11-15-17/h9-11,14-15,18H,4-8,12-13,16H2,1-3H3. The van der Waals surface area contributed by atoms with Gasteiger partial charge in [0.1, 0.15) is 5.60 Å². The normalized spacial score (nSPS) is 15.8. The minimum absolute atomic E-state index is 0.153. The second-order valence-electron chi connectivity index (χ2n) is 6.23. The average Bonchev–Trinajstić information content (AvgIpc) is 2.45. The van der Waals surface area contributed by atoms with Crippen LogP contribution in [-0.4, -0.2) is 5.60 Å². The molecule has 0 aliphatic rings. The lowest BCUT2D eigenvalue weighted by molar-refractivity contribution is -0.0479. The third-order valence-corrected chi connectivity index (χ3v) is 4.29. The molecule has 1 rings (SSSR count). The van der Waals surface area contributed by atoms with E-state index in [9.17, 15) is 5.11 Å². The van der Waals surface area contributed by atoms with Gasteiger partial charge in [0.15, 0.2) is 0 Å². The average molecular weight is 275 g/mol. The second kappa shape index (κ2) is 9.18. The van der Waals surface area contributed by atoms with Gasteiger partial charge in [0.25, 0.3) is 0 Å². The van der Waals surface area contributed by atoms with E-state index in [4.69, 9.17) is 0 Å². The maximum atomic E-state index is 13.0. The van der Waals surface area contributed by atoms with Crippen LogP contribution in [0.4, 0.5) is 0 Å². The first-order valence-electron chi connectivity index (χ1n) is 8.37. The van der Waals surface area contributed by atoms with Gasteiger partial charge in [-0.3, -0.25) is 0 Å². The van der Waals surface area contributed by atoms with Gasteiger partial charge in [-0.05, 0) is 25.3 Å². The maximum Gasteiger partial charge on any atom is 0.108 e. The second-order valence-corrected chi connectivity index (χ2v) is 6.23. The fraction of sp³-hybridized carbons (Fsp3) is 0.684. The molecule has 1 aromatic carbocycles. The monoisotopic (exact) mass is 275 g/mol. The van der Waals surface area contributed by atoms with Crippen LogP contribution in [0.5, 0.6) is 0 Å². The molecule has 0 aromatic heterocycles. The molecule has 0 saturated carbocycles. The van der Waals surface area contributed by atoms with Crippen LogP contribution in [-0.2, 0) is 5.11 Å². The van der Waals surface area contributed by atoms with Gasteiger partial charge in [-0.25, -0.2) is 5.11 Å². The van der Waals surface area contributed by atoms with Crippen molar-refractivity contribution in [3.63, 3.8) is 0 Å². The Hall–Kier alpha value is -0.820. The molecule has 113 valence electrons. The van der Waals surface area contributed by atoms with Crippen LogP contribution in [0.1, 0.15) is 83.6 Å². The molecule has 0 aliphatic carbocycles.